The maximum atomic E-state index is 13.7. The number of carboxylic acid groups (broad SMARTS) is 1. The van der Waals surface area contributed by atoms with Crippen LogP contribution in [0.15, 0.2) is 65.1 Å². The van der Waals surface area contributed by atoms with Gasteiger partial charge in [0.05, 0.1) is 58.5 Å². The van der Waals surface area contributed by atoms with E-state index in [2.05, 4.69) is 51.1 Å². The van der Waals surface area contributed by atoms with Crippen molar-refractivity contribution in [1.29, 1.82) is 0 Å². The van der Waals surface area contributed by atoms with Gasteiger partial charge in [0, 0.05) is 57.8 Å². The maximum Gasteiger partial charge on any atom is 0.337 e. The molecule has 10 rings (SSSR count). The number of carbonyl (C=O) groups excluding carboxylic acids is 1. The molecule has 4 N–H and O–H groups in total. The van der Waals surface area contributed by atoms with Crippen molar-refractivity contribution in [3.05, 3.63) is 116 Å². The van der Waals surface area contributed by atoms with Gasteiger partial charge in [-0.15, -0.1) is 0 Å². The molecular formula is C46H54BrFN10O7S2. The number of aromatic nitrogens is 6. The van der Waals surface area contributed by atoms with Crippen LogP contribution < -0.4 is 14.8 Å². The van der Waals surface area contributed by atoms with Gasteiger partial charge in [-0.3, -0.25) is 14.2 Å². The van der Waals surface area contributed by atoms with E-state index in [0.29, 0.717) is 34.5 Å². The molecule has 2 aromatic carbocycles. The zero-order chi connectivity index (χ0) is 47.8. The molecule has 4 aliphatic rings. The fourth-order valence-electron chi connectivity index (χ4n) is 8.55. The quantitative estimate of drug-likeness (QED) is 0.102. The van der Waals surface area contributed by atoms with Crippen molar-refractivity contribution in [2.24, 2.45) is 0 Å². The van der Waals surface area contributed by atoms with E-state index in [1.807, 2.05) is 31.6 Å². The fraction of sp³-hybridized carbons (Fsp3) is 0.435. The molecule has 0 bridgehead atoms. The van der Waals surface area contributed by atoms with E-state index < -0.39 is 37.4 Å². The lowest BCUT2D eigenvalue weighted by Gasteiger charge is -2.35. The minimum atomic E-state index is -3.58. The number of sulfonamides is 2. The Bertz CT molecular complexity index is 3080. The van der Waals surface area contributed by atoms with Crippen molar-refractivity contribution in [2.45, 2.75) is 102 Å². The Morgan fingerprint density at radius 1 is 0.701 bits per heavy atom. The average molecular weight is 1020 g/mol. The van der Waals surface area contributed by atoms with E-state index in [1.165, 1.54) is 56.3 Å². The number of amides is 1. The molecule has 2 saturated carbocycles. The first-order valence-electron chi connectivity index (χ1n) is 22.4. The molecule has 2 saturated heterocycles. The van der Waals surface area contributed by atoms with Gasteiger partial charge in [0.25, 0.3) is 5.91 Å². The average Bonchev–Trinajstić information content (AvgIpc) is 4.22. The van der Waals surface area contributed by atoms with Crippen LogP contribution in [-0.2, 0) is 20.0 Å². The van der Waals surface area contributed by atoms with Gasteiger partial charge in [-0.25, -0.2) is 45.0 Å². The number of aryl methyl sites for hydroxylation is 2. The van der Waals surface area contributed by atoms with Crippen LogP contribution in [0.5, 0.6) is 0 Å². The van der Waals surface area contributed by atoms with Crippen molar-refractivity contribution in [3.8, 4) is 0 Å². The summed E-state index contributed by atoms with van der Waals surface area (Å²) in [6, 6.07) is 16.5. The molecule has 2 atom stereocenters. The van der Waals surface area contributed by atoms with Crippen LogP contribution in [0.1, 0.15) is 143 Å². The third kappa shape index (κ3) is 12.0. The highest BCUT2D eigenvalue weighted by Crippen LogP contribution is 2.41. The number of fused-ring (bicyclic) bond motifs is 2. The first-order chi connectivity index (χ1) is 31.8. The molecule has 4 fully saturated rings. The number of halogens is 2. The number of carboxylic acids is 1. The molecule has 0 spiro atoms. The molecular weight excluding hydrogens is 968 g/mol. The summed E-state index contributed by atoms with van der Waals surface area (Å²) < 4.78 is 67.2. The van der Waals surface area contributed by atoms with Crippen molar-refractivity contribution in [1.82, 2.24) is 39.4 Å². The van der Waals surface area contributed by atoms with Crippen LogP contribution >= 0.6 is 15.9 Å². The summed E-state index contributed by atoms with van der Waals surface area (Å²) in [7, 11) is -7.11. The van der Waals surface area contributed by atoms with Crippen molar-refractivity contribution < 1.29 is 35.9 Å². The van der Waals surface area contributed by atoms with Crippen molar-refractivity contribution in [2.75, 3.05) is 35.0 Å². The Balaban J connectivity index is 0.000000151. The third-order valence-corrected chi connectivity index (χ3v) is 13.7. The van der Waals surface area contributed by atoms with Crippen LogP contribution in [-0.4, -0.2) is 93.5 Å². The molecule has 356 valence electrons. The standard InChI is InChI=1S/C23H26BrN5O3S.C15H20N4.C8H8FNO4S/c1-14-11-19(15-6-7-15)25-22-13-20(26-29(14)22)21-5-3-4-10-28(21)23(30)17-12-16(24)8-9-18(17)27-33(2,31)32;1-10-8-13(11-5-6-11)17-15-9-14(18-19(10)15)12-4-2-3-7-16-12;1-15(13,14)10-7-3-2-5(9)4-6(7)8(11)12/h8-9,11-13,15,21,27H,3-7,10H2,1-2H3;8-9,11-12,16H,2-7H2,1H3;2-4,10H,1H3,(H,11,12)/t21-;12-;/m00./s1. The highest BCUT2D eigenvalue weighted by molar-refractivity contribution is 9.10. The van der Waals surface area contributed by atoms with Gasteiger partial charge in [0.2, 0.25) is 20.0 Å². The minimum Gasteiger partial charge on any atom is -0.478 e. The van der Waals surface area contributed by atoms with Gasteiger partial charge in [0.15, 0.2) is 11.3 Å². The van der Waals surface area contributed by atoms with E-state index in [0.717, 1.165) is 90.6 Å². The second kappa shape index (κ2) is 19.6. The van der Waals surface area contributed by atoms with Crippen LogP contribution in [0, 0.1) is 19.7 Å². The number of anilines is 2. The smallest absolute Gasteiger partial charge is 0.337 e. The second-order valence-electron chi connectivity index (χ2n) is 17.8. The van der Waals surface area contributed by atoms with E-state index in [1.54, 1.807) is 18.2 Å². The molecule has 21 heteroatoms. The van der Waals surface area contributed by atoms with Crippen molar-refractivity contribution in [3.63, 3.8) is 0 Å². The van der Waals surface area contributed by atoms with E-state index in [-0.39, 0.29) is 23.3 Å². The number of piperidine rings is 2. The molecule has 6 aromatic rings. The third-order valence-electron chi connectivity index (χ3n) is 12.1. The summed E-state index contributed by atoms with van der Waals surface area (Å²) in [5.41, 5.74) is 8.42. The lowest BCUT2D eigenvalue weighted by molar-refractivity contribution is 0.0606. The predicted molar refractivity (Wildman–Crippen MR) is 256 cm³/mol. The summed E-state index contributed by atoms with van der Waals surface area (Å²) in [5.74, 6) is -1.10. The highest BCUT2D eigenvalue weighted by Gasteiger charge is 2.33. The lowest BCUT2D eigenvalue weighted by Crippen LogP contribution is -2.39. The summed E-state index contributed by atoms with van der Waals surface area (Å²) >= 11 is 3.41. The fourth-order valence-corrected chi connectivity index (χ4v) is 10.1. The first kappa shape index (κ1) is 48.0. The molecule has 6 heterocycles. The monoisotopic (exact) mass is 1020 g/mol. The first-order valence-corrected chi connectivity index (χ1v) is 26.9. The normalized spacial score (nSPS) is 18.7. The number of rotatable bonds is 10. The topological polar surface area (TPSA) is 222 Å². The summed E-state index contributed by atoms with van der Waals surface area (Å²) in [6.07, 6.45) is 13.4. The largest absolute Gasteiger partial charge is 0.478 e. The van der Waals surface area contributed by atoms with Crippen LogP contribution in [0.25, 0.3) is 11.3 Å². The number of aromatic carboxylic acids is 1. The molecule has 67 heavy (non-hydrogen) atoms. The van der Waals surface area contributed by atoms with Crippen LogP contribution in [0.4, 0.5) is 15.8 Å². The van der Waals surface area contributed by atoms with Crippen LogP contribution in [0.2, 0.25) is 0 Å². The Hall–Kier alpha value is -5.51. The number of hydrogen-bond donors (Lipinski definition) is 4. The summed E-state index contributed by atoms with van der Waals surface area (Å²) in [5, 5.41) is 21.8. The zero-order valence-electron chi connectivity index (χ0n) is 37.7. The van der Waals surface area contributed by atoms with E-state index >= 15 is 0 Å². The highest BCUT2D eigenvalue weighted by atomic mass is 79.9. The molecule has 17 nitrogen and oxygen atoms in total. The Labute approximate surface area is 397 Å². The summed E-state index contributed by atoms with van der Waals surface area (Å²) in [6.45, 7) is 5.86. The summed E-state index contributed by atoms with van der Waals surface area (Å²) in [4.78, 5) is 35.8. The molecule has 2 aliphatic heterocycles. The van der Waals surface area contributed by atoms with Crippen molar-refractivity contribution >= 4 is 70.5 Å². The van der Waals surface area contributed by atoms with Gasteiger partial charge in [-0.05, 0) is 127 Å². The van der Waals surface area contributed by atoms with Gasteiger partial charge >= 0.3 is 5.97 Å². The zero-order valence-corrected chi connectivity index (χ0v) is 40.9. The SMILES string of the molecule is CS(=O)(=O)Nc1ccc(F)cc1C(=O)O.Cc1cc(C2CC2)nc2cc([C@@H]3CCCCN3)nn12.Cc1cc(C2CC2)nc2cc([C@@H]3CCCCN3C(=O)c3cc(Br)ccc3NS(C)(=O)=O)nn12. The number of benzene rings is 2. The van der Waals surface area contributed by atoms with Crippen LogP contribution in [0.3, 0.4) is 0 Å². The lowest BCUT2D eigenvalue weighted by atomic mass is 9.98. The van der Waals surface area contributed by atoms with E-state index in [9.17, 15) is 30.8 Å². The predicted octanol–water partition coefficient (Wildman–Crippen LogP) is 8.04. The minimum absolute atomic E-state index is 0.161. The Morgan fingerprint density at radius 2 is 1.25 bits per heavy atom. The number of nitrogens with one attached hydrogen (secondary N) is 3. The molecule has 1 amide bonds. The van der Waals surface area contributed by atoms with Gasteiger partial charge < -0.3 is 15.3 Å². The molecule has 2 aliphatic carbocycles. The number of likely N-dealkylation sites (tertiary alicyclic amines) is 1. The Kier molecular flexibility index (Phi) is 14.0. The van der Waals surface area contributed by atoms with Gasteiger partial charge in [-0.1, -0.05) is 22.4 Å². The van der Waals surface area contributed by atoms with Gasteiger partial charge in [-0.2, -0.15) is 10.2 Å². The molecule has 4 aromatic heterocycles. The maximum absolute atomic E-state index is 13.7. The molecule has 0 unspecified atom stereocenters. The Morgan fingerprint density at radius 3 is 1.81 bits per heavy atom. The van der Waals surface area contributed by atoms with Gasteiger partial charge in [0.1, 0.15) is 5.82 Å². The van der Waals surface area contributed by atoms with E-state index in [4.69, 9.17) is 25.3 Å². The molecule has 0 radical (unpaired) electrons. The second-order valence-corrected chi connectivity index (χ2v) is 22.2. The number of hydrogen-bond acceptors (Lipinski definition) is 11. The number of nitrogens with zero attached hydrogens (tertiary/aromatic N) is 7. The number of carbonyl (C=O) groups is 2.